The summed E-state index contributed by atoms with van der Waals surface area (Å²) >= 11 is 1.84. The first-order valence-electron chi connectivity index (χ1n) is 9.39. The van der Waals surface area contributed by atoms with Crippen LogP contribution in [0.3, 0.4) is 0 Å². The van der Waals surface area contributed by atoms with Gasteiger partial charge in [-0.15, -0.1) is 22.0 Å². The van der Waals surface area contributed by atoms with Gasteiger partial charge in [-0.05, 0) is 18.6 Å². The van der Waals surface area contributed by atoms with Gasteiger partial charge < -0.3 is 19.9 Å². The number of aryl methyl sites for hydroxylation is 1. The molecular weight excluding hydrogens is 360 g/mol. The van der Waals surface area contributed by atoms with Crippen LogP contribution in [0.2, 0.25) is 0 Å². The van der Waals surface area contributed by atoms with Crippen molar-refractivity contribution in [2.24, 2.45) is 4.99 Å². The molecule has 0 unspecified atom stereocenters. The Morgan fingerprint density at radius 3 is 2.81 bits per heavy atom. The van der Waals surface area contributed by atoms with Crippen LogP contribution >= 0.6 is 11.8 Å². The van der Waals surface area contributed by atoms with Crippen molar-refractivity contribution in [2.75, 3.05) is 39.1 Å². The lowest BCUT2D eigenvalue weighted by molar-refractivity contribution is 0.197. The number of aliphatic imine (C=N–C) groups is 1. The first-order valence-corrected chi connectivity index (χ1v) is 10.4. The van der Waals surface area contributed by atoms with Crippen LogP contribution in [0.5, 0.6) is 0 Å². The number of hydrogen-bond donors (Lipinski definition) is 2. The molecule has 0 fully saturated rings. The Balaban J connectivity index is 1.75. The molecular formula is C19H30N6OS. The third kappa shape index (κ3) is 8.45. The minimum atomic E-state index is 0.723. The molecule has 2 aromatic rings. The van der Waals surface area contributed by atoms with Gasteiger partial charge in [-0.1, -0.05) is 25.1 Å². The largest absolute Gasteiger partial charge is 0.385 e. The fourth-order valence-corrected chi connectivity index (χ4v) is 3.25. The van der Waals surface area contributed by atoms with Crippen LogP contribution < -0.4 is 10.6 Å². The van der Waals surface area contributed by atoms with E-state index in [0.29, 0.717) is 0 Å². The van der Waals surface area contributed by atoms with Crippen molar-refractivity contribution in [3.05, 3.63) is 42.5 Å². The van der Waals surface area contributed by atoms with E-state index >= 15 is 0 Å². The first-order chi connectivity index (χ1) is 13.3. The summed E-state index contributed by atoms with van der Waals surface area (Å²) in [5.41, 5.74) is 0. The molecule has 148 valence electrons. The van der Waals surface area contributed by atoms with Gasteiger partial charge in [0.25, 0.3) is 0 Å². The summed E-state index contributed by atoms with van der Waals surface area (Å²) in [4.78, 5) is 5.91. The lowest BCUT2D eigenvalue weighted by Gasteiger charge is -2.13. The van der Waals surface area contributed by atoms with E-state index in [1.807, 2.05) is 17.8 Å². The van der Waals surface area contributed by atoms with Gasteiger partial charge >= 0.3 is 0 Å². The van der Waals surface area contributed by atoms with E-state index in [-0.39, 0.29) is 0 Å². The van der Waals surface area contributed by atoms with E-state index in [4.69, 9.17) is 4.74 Å². The van der Waals surface area contributed by atoms with Crippen LogP contribution in [0.1, 0.15) is 19.2 Å². The Labute approximate surface area is 166 Å². The van der Waals surface area contributed by atoms with Crippen LogP contribution in [-0.2, 0) is 17.7 Å². The maximum atomic E-state index is 5.10. The van der Waals surface area contributed by atoms with E-state index in [9.17, 15) is 0 Å². The lowest BCUT2D eigenvalue weighted by atomic mass is 10.4. The molecule has 0 aliphatic carbocycles. The molecule has 1 heterocycles. The maximum absolute atomic E-state index is 5.10. The second kappa shape index (κ2) is 13.2. The normalized spacial score (nSPS) is 11.6. The van der Waals surface area contributed by atoms with Gasteiger partial charge in [-0.2, -0.15) is 0 Å². The third-order valence-electron chi connectivity index (χ3n) is 3.84. The molecule has 0 saturated heterocycles. The topological polar surface area (TPSA) is 76.4 Å². The molecule has 0 aliphatic rings. The molecule has 0 atom stereocenters. The fourth-order valence-electron chi connectivity index (χ4n) is 2.46. The van der Waals surface area contributed by atoms with Gasteiger partial charge in [-0.3, -0.25) is 4.99 Å². The standard InChI is InChI=1S/C19H30N6OS/c1-3-18-24-23-16-25(18)13-11-21-19(20-10-7-14-26-2)22-12-15-27-17-8-5-4-6-9-17/h4-6,8-9,16H,3,7,10-15H2,1-2H3,(H2,20,21,22). The Morgan fingerprint density at radius 2 is 2.04 bits per heavy atom. The molecule has 2 N–H and O–H groups in total. The molecule has 1 aromatic heterocycles. The number of rotatable bonds is 12. The zero-order chi connectivity index (χ0) is 19.2. The molecule has 0 aliphatic heterocycles. The molecule has 1 aromatic carbocycles. The highest BCUT2D eigenvalue weighted by Crippen LogP contribution is 2.15. The van der Waals surface area contributed by atoms with Crippen molar-refractivity contribution in [3.63, 3.8) is 0 Å². The van der Waals surface area contributed by atoms with E-state index in [1.165, 1.54) is 4.90 Å². The summed E-state index contributed by atoms with van der Waals surface area (Å²) in [5, 5.41) is 14.9. The SMILES string of the molecule is CCc1nncn1CCNC(=NCCCOC)NCCSc1ccccc1. The minimum Gasteiger partial charge on any atom is -0.385 e. The average molecular weight is 391 g/mol. The fraction of sp³-hybridized carbons (Fsp3) is 0.526. The summed E-state index contributed by atoms with van der Waals surface area (Å²) in [6, 6.07) is 10.4. The monoisotopic (exact) mass is 390 g/mol. The summed E-state index contributed by atoms with van der Waals surface area (Å²) in [7, 11) is 1.71. The molecule has 0 bridgehead atoms. The van der Waals surface area contributed by atoms with Crippen LogP contribution in [0.4, 0.5) is 0 Å². The van der Waals surface area contributed by atoms with Gasteiger partial charge in [0, 0.05) is 57.0 Å². The molecule has 0 amide bonds. The molecule has 0 spiro atoms. The highest BCUT2D eigenvalue weighted by Gasteiger charge is 2.03. The number of nitrogens with zero attached hydrogens (tertiary/aromatic N) is 4. The lowest BCUT2D eigenvalue weighted by Crippen LogP contribution is -2.40. The number of methoxy groups -OCH3 is 1. The van der Waals surface area contributed by atoms with Gasteiger partial charge in [0.2, 0.25) is 0 Å². The summed E-state index contributed by atoms with van der Waals surface area (Å²) < 4.78 is 7.17. The number of thioether (sulfide) groups is 1. The van der Waals surface area contributed by atoms with Crippen molar-refractivity contribution in [1.82, 2.24) is 25.4 Å². The highest BCUT2D eigenvalue weighted by molar-refractivity contribution is 7.99. The number of guanidine groups is 1. The van der Waals surface area contributed by atoms with Gasteiger partial charge in [-0.25, -0.2) is 0 Å². The van der Waals surface area contributed by atoms with Crippen LogP contribution in [0.15, 0.2) is 46.5 Å². The number of hydrogen-bond acceptors (Lipinski definition) is 5. The number of aromatic nitrogens is 3. The van der Waals surface area contributed by atoms with Crippen LogP contribution in [0, 0.1) is 0 Å². The molecule has 27 heavy (non-hydrogen) atoms. The third-order valence-corrected chi connectivity index (χ3v) is 4.85. The maximum Gasteiger partial charge on any atom is 0.191 e. The Hall–Kier alpha value is -2.06. The smallest absolute Gasteiger partial charge is 0.191 e. The van der Waals surface area contributed by atoms with Gasteiger partial charge in [0.1, 0.15) is 12.2 Å². The minimum absolute atomic E-state index is 0.723. The van der Waals surface area contributed by atoms with Crippen LogP contribution in [0.25, 0.3) is 0 Å². The van der Waals surface area contributed by atoms with Crippen molar-refractivity contribution in [2.45, 2.75) is 31.2 Å². The predicted octanol–water partition coefficient (Wildman–Crippen LogP) is 2.20. The van der Waals surface area contributed by atoms with E-state index in [0.717, 1.165) is 63.2 Å². The van der Waals surface area contributed by atoms with Crippen molar-refractivity contribution >= 4 is 17.7 Å². The number of benzene rings is 1. The molecule has 0 saturated carbocycles. The van der Waals surface area contributed by atoms with Gasteiger partial charge in [0.15, 0.2) is 5.96 Å². The second-order valence-corrected chi connectivity index (χ2v) is 7.05. The summed E-state index contributed by atoms with van der Waals surface area (Å²) in [6.07, 6.45) is 3.57. The highest BCUT2D eigenvalue weighted by atomic mass is 32.2. The van der Waals surface area contributed by atoms with Crippen molar-refractivity contribution < 1.29 is 4.74 Å². The number of ether oxygens (including phenoxy) is 1. The van der Waals surface area contributed by atoms with E-state index < -0.39 is 0 Å². The summed E-state index contributed by atoms with van der Waals surface area (Å²) in [6.45, 7) is 5.98. The average Bonchev–Trinajstić information content (AvgIpc) is 3.16. The zero-order valence-electron chi connectivity index (χ0n) is 16.2. The quantitative estimate of drug-likeness (QED) is 0.250. The van der Waals surface area contributed by atoms with Crippen molar-refractivity contribution in [3.8, 4) is 0 Å². The van der Waals surface area contributed by atoms with E-state index in [1.54, 1.807) is 13.4 Å². The Morgan fingerprint density at radius 1 is 1.22 bits per heavy atom. The van der Waals surface area contributed by atoms with E-state index in [2.05, 4.69) is 61.6 Å². The Kier molecular flexibility index (Phi) is 10.4. The zero-order valence-corrected chi connectivity index (χ0v) is 17.0. The number of nitrogens with one attached hydrogen (secondary N) is 2. The predicted molar refractivity (Wildman–Crippen MR) is 111 cm³/mol. The molecule has 7 nitrogen and oxygen atoms in total. The Bertz CT molecular complexity index is 661. The molecule has 0 radical (unpaired) electrons. The second-order valence-electron chi connectivity index (χ2n) is 5.89. The molecule has 8 heteroatoms. The van der Waals surface area contributed by atoms with Crippen molar-refractivity contribution in [1.29, 1.82) is 0 Å². The van der Waals surface area contributed by atoms with Gasteiger partial charge in [0.05, 0.1) is 0 Å². The van der Waals surface area contributed by atoms with Crippen LogP contribution in [-0.4, -0.2) is 59.8 Å². The molecule has 2 rings (SSSR count). The first kappa shape index (κ1) is 21.2. The summed E-state index contributed by atoms with van der Waals surface area (Å²) in [5.74, 6) is 2.82.